The number of hydrogen-bond acceptors (Lipinski definition) is 5. The Morgan fingerprint density at radius 3 is 2.89 bits per heavy atom. The zero-order valence-electron chi connectivity index (χ0n) is 10.9. The van der Waals surface area contributed by atoms with Crippen LogP contribution in [0, 0.1) is 0 Å². The molecule has 2 saturated heterocycles. The molecule has 0 unspecified atom stereocenters. The molecule has 0 aromatic carbocycles. The van der Waals surface area contributed by atoms with Crippen molar-refractivity contribution in [1.82, 2.24) is 15.5 Å². The van der Waals surface area contributed by atoms with Crippen LogP contribution in [-0.4, -0.2) is 40.9 Å². The molecule has 2 bridgehead atoms. The first kappa shape index (κ1) is 12.3. The molecule has 3 atom stereocenters. The molecule has 3 heterocycles. The molecule has 102 valence electrons. The fourth-order valence-corrected chi connectivity index (χ4v) is 2.76. The van der Waals surface area contributed by atoms with Crippen molar-refractivity contribution in [3.63, 3.8) is 0 Å². The molecule has 19 heavy (non-hydrogen) atoms. The minimum atomic E-state index is -0.190. The monoisotopic (exact) mass is 262 g/mol. The molecule has 2 N–H and O–H groups in total. The van der Waals surface area contributed by atoms with Crippen LogP contribution in [0.3, 0.4) is 0 Å². The molecule has 1 aromatic rings. The Bertz CT molecular complexity index is 462. The van der Waals surface area contributed by atoms with Crippen LogP contribution in [0.25, 0.3) is 0 Å². The van der Waals surface area contributed by atoms with Gasteiger partial charge in [-0.3, -0.25) is 4.79 Å². The molecule has 0 spiro atoms. The molecule has 0 radical (unpaired) electrons. The second kappa shape index (κ2) is 5.13. The number of aromatic nitrogens is 2. The molecule has 1 aromatic heterocycles. The number of hydrogen-bond donors (Lipinski definition) is 2. The molecule has 2 aliphatic rings. The van der Waals surface area contributed by atoms with Crippen LogP contribution in [0.5, 0.6) is 0 Å². The molecule has 6 heteroatoms. The lowest BCUT2D eigenvalue weighted by Gasteiger charge is -2.20. The van der Waals surface area contributed by atoms with Gasteiger partial charge in [0, 0.05) is 6.54 Å². The molecule has 1 amide bonds. The van der Waals surface area contributed by atoms with E-state index >= 15 is 0 Å². The van der Waals surface area contributed by atoms with E-state index in [-0.39, 0.29) is 5.91 Å². The first-order chi connectivity index (χ1) is 9.26. The summed E-state index contributed by atoms with van der Waals surface area (Å²) in [5, 5.41) is 14.0. The highest BCUT2D eigenvalue weighted by Crippen LogP contribution is 2.35. The van der Waals surface area contributed by atoms with Crippen molar-refractivity contribution in [2.24, 2.45) is 0 Å². The van der Waals surface area contributed by atoms with E-state index in [4.69, 9.17) is 4.74 Å². The summed E-state index contributed by atoms with van der Waals surface area (Å²) in [5.41, 5.74) is 0.344. The van der Waals surface area contributed by atoms with Crippen LogP contribution < -0.4 is 10.6 Å². The Morgan fingerprint density at radius 1 is 1.42 bits per heavy atom. The molecule has 2 aliphatic heterocycles. The van der Waals surface area contributed by atoms with Gasteiger partial charge in [-0.15, -0.1) is 10.2 Å². The highest BCUT2D eigenvalue weighted by molar-refractivity contribution is 5.92. The van der Waals surface area contributed by atoms with Crippen LogP contribution in [0.1, 0.15) is 36.7 Å². The Morgan fingerprint density at radius 2 is 2.32 bits per heavy atom. The van der Waals surface area contributed by atoms with Gasteiger partial charge in [0.1, 0.15) is 5.82 Å². The van der Waals surface area contributed by atoms with Gasteiger partial charge in [0.2, 0.25) is 0 Å². The average Bonchev–Trinajstić information content (AvgIpc) is 3.02. The lowest BCUT2D eigenvalue weighted by molar-refractivity contribution is 0.0949. The highest BCUT2D eigenvalue weighted by atomic mass is 16.5. The second-order valence-electron chi connectivity index (χ2n) is 5.02. The average molecular weight is 262 g/mol. The molecular weight excluding hydrogens is 244 g/mol. The SMILES string of the molecule is CCNC(=O)c1ccc(N[C@@H]2C[C@H]3CC[C@H]2O3)nn1. The number of carbonyl (C=O) groups is 1. The summed E-state index contributed by atoms with van der Waals surface area (Å²) in [6.45, 7) is 2.46. The number of fused-ring (bicyclic) bond motifs is 2. The van der Waals surface area contributed by atoms with Crippen molar-refractivity contribution in [1.29, 1.82) is 0 Å². The minimum Gasteiger partial charge on any atom is -0.373 e. The Balaban J connectivity index is 1.61. The number of nitrogens with one attached hydrogen (secondary N) is 2. The predicted octanol–water partition coefficient (Wildman–Crippen LogP) is 0.958. The number of anilines is 1. The summed E-state index contributed by atoms with van der Waals surface area (Å²) >= 11 is 0. The Labute approximate surface area is 111 Å². The topological polar surface area (TPSA) is 76.1 Å². The second-order valence-corrected chi connectivity index (χ2v) is 5.02. The van der Waals surface area contributed by atoms with E-state index in [0.29, 0.717) is 36.3 Å². The Kier molecular flexibility index (Phi) is 3.33. The van der Waals surface area contributed by atoms with Gasteiger partial charge in [-0.1, -0.05) is 0 Å². The van der Waals surface area contributed by atoms with Crippen molar-refractivity contribution in [3.05, 3.63) is 17.8 Å². The maximum atomic E-state index is 11.6. The van der Waals surface area contributed by atoms with E-state index in [2.05, 4.69) is 20.8 Å². The largest absolute Gasteiger partial charge is 0.373 e. The molecule has 0 aliphatic carbocycles. The quantitative estimate of drug-likeness (QED) is 0.845. The summed E-state index contributed by atoms with van der Waals surface area (Å²) < 4.78 is 5.78. The highest BCUT2D eigenvalue weighted by Gasteiger charge is 2.40. The van der Waals surface area contributed by atoms with Crippen LogP contribution >= 0.6 is 0 Å². The van der Waals surface area contributed by atoms with Crippen molar-refractivity contribution in [3.8, 4) is 0 Å². The normalized spacial score (nSPS) is 28.4. The van der Waals surface area contributed by atoms with Gasteiger partial charge >= 0.3 is 0 Å². The van der Waals surface area contributed by atoms with Crippen molar-refractivity contribution >= 4 is 11.7 Å². The third-order valence-electron chi connectivity index (χ3n) is 3.67. The number of nitrogens with zero attached hydrogens (tertiary/aromatic N) is 2. The van der Waals surface area contributed by atoms with Crippen LogP contribution in [0.4, 0.5) is 5.82 Å². The van der Waals surface area contributed by atoms with Crippen LogP contribution in [0.15, 0.2) is 12.1 Å². The lowest BCUT2D eigenvalue weighted by Crippen LogP contribution is -2.31. The standard InChI is InChI=1S/C13H18N4O2/c1-2-14-13(18)9-4-6-12(17-16-9)15-10-7-8-3-5-11(10)19-8/h4,6,8,10-11H,2-3,5,7H2,1H3,(H,14,18)(H,15,17)/t8-,10-,11-/m1/s1. The molecule has 3 rings (SSSR count). The smallest absolute Gasteiger partial charge is 0.271 e. The van der Waals surface area contributed by atoms with Crippen LogP contribution in [0.2, 0.25) is 0 Å². The van der Waals surface area contributed by atoms with E-state index in [1.807, 2.05) is 6.92 Å². The molecule has 6 nitrogen and oxygen atoms in total. The van der Waals surface area contributed by atoms with E-state index in [1.165, 1.54) is 6.42 Å². The third kappa shape index (κ3) is 2.53. The Hall–Kier alpha value is -1.69. The summed E-state index contributed by atoms with van der Waals surface area (Å²) in [6, 6.07) is 3.81. The molecule has 0 saturated carbocycles. The number of amides is 1. The van der Waals surface area contributed by atoms with Crippen LogP contribution in [-0.2, 0) is 4.74 Å². The molecule has 2 fully saturated rings. The zero-order chi connectivity index (χ0) is 13.2. The fraction of sp³-hybridized carbons (Fsp3) is 0.615. The maximum Gasteiger partial charge on any atom is 0.271 e. The number of rotatable bonds is 4. The van der Waals surface area contributed by atoms with Gasteiger partial charge in [0.05, 0.1) is 18.2 Å². The van der Waals surface area contributed by atoms with E-state index in [9.17, 15) is 4.79 Å². The zero-order valence-corrected chi connectivity index (χ0v) is 10.9. The summed E-state index contributed by atoms with van der Waals surface area (Å²) in [4.78, 5) is 11.6. The van der Waals surface area contributed by atoms with Gasteiger partial charge in [-0.2, -0.15) is 0 Å². The summed E-state index contributed by atoms with van der Waals surface area (Å²) in [6.07, 6.45) is 4.03. The van der Waals surface area contributed by atoms with E-state index < -0.39 is 0 Å². The van der Waals surface area contributed by atoms with Gasteiger partial charge in [-0.25, -0.2) is 0 Å². The first-order valence-corrected chi connectivity index (χ1v) is 6.80. The van der Waals surface area contributed by atoms with Crippen molar-refractivity contribution in [2.75, 3.05) is 11.9 Å². The summed E-state index contributed by atoms with van der Waals surface area (Å²) in [7, 11) is 0. The maximum absolute atomic E-state index is 11.6. The predicted molar refractivity (Wildman–Crippen MR) is 70.0 cm³/mol. The third-order valence-corrected chi connectivity index (χ3v) is 3.67. The molecular formula is C13H18N4O2. The lowest BCUT2D eigenvalue weighted by atomic mass is 9.95. The summed E-state index contributed by atoms with van der Waals surface area (Å²) in [5.74, 6) is 0.513. The van der Waals surface area contributed by atoms with Gasteiger partial charge in [0.25, 0.3) is 5.91 Å². The first-order valence-electron chi connectivity index (χ1n) is 6.80. The number of carbonyl (C=O) groups excluding carboxylic acids is 1. The van der Waals surface area contributed by atoms with E-state index in [1.54, 1.807) is 12.1 Å². The fourth-order valence-electron chi connectivity index (χ4n) is 2.76. The van der Waals surface area contributed by atoms with Gasteiger partial charge in [0.15, 0.2) is 5.69 Å². The van der Waals surface area contributed by atoms with Crippen molar-refractivity contribution in [2.45, 2.75) is 44.4 Å². The van der Waals surface area contributed by atoms with Gasteiger partial charge in [-0.05, 0) is 38.3 Å². The van der Waals surface area contributed by atoms with Crippen molar-refractivity contribution < 1.29 is 9.53 Å². The minimum absolute atomic E-state index is 0.190. The van der Waals surface area contributed by atoms with Gasteiger partial charge < -0.3 is 15.4 Å². The van der Waals surface area contributed by atoms with E-state index in [0.717, 1.165) is 12.8 Å². The number of ether oxygens (including phenoxy) is 1.